The maximum Gasteiger partial charge on any atom is 0.426 e. The Balaban J connectivity index is 1.79. The lowest BCUT2D eigenvalue weighted by Gasteiger charge is -2.28. The fourth-order valence-corrected chi connectivity index (χ4v) is 4.79. The molecule has 1 aliphatic rings. The summed E-state index contributed by atoms with van der Waals surface area (Å²) in [7, 11) is 0. The van der Waals surface area contributed by atoms with E-state index >= 15 is 0 Å². The fourth-order valence-electron chi connectivity index (χ4n) is 4.79. The SMILES string of the molecule is CC(C)(C)Cc1ccc(CN2CCCCC[C@](O)(C(F)(F)F)c3nnc(o3)-c3nc(c(C(F)(F)F)cc3N)C2=O)cc1. The van der Waals surface area contributed by atoms with Crippen molar-refractivity contribution in [1.29, 1.82) is 0 Å². The van der Waals surface area contributed by atoms with E-state index < -0.39 is 64.7 Å². The minimum absolute atomic E-state index is 0.0238. The first-order chi connectivity index (χ1) is 19.4. The molecule has 14 heteroatoms. The molecule has 0 spiro atoms. The van der Waals surface area contributed by atoms with Gasteiger partial charge < -0.3 is 20.2 Å². The largest absolute Gasteiger partial charge is 0.426 e. The van der Waals surface area contributed by atoms with Crippen molar-refractivity contribution in [2.24, 2.45) is 5.41 Å². The van der Waals surface area contributed by atoms with Crippen LogP contribution in [0, 0.1) is 5.41 Å². The number of aromatic nitrogens is 3. The number of alkyl halides is 6. The molecular formula is C28H31F6N5O3. The number of halogens is 6. The maximum atomic E-state index is 14.1. The van der Waals surface area contributed by atoms with Crippen LogP contribution in [0.15, 0.2) is 34.7 Å². The molecule has 1 amide bonds. The predicted octanol–water partition coefficient (Wildman–Crippen LogP) is 6.29. The average molecular weight is 600 g/mol. The lowest BCUT2D eigenvalue weighted by Crippen LogP contribution is -2.42. The summed E-state index contributed by atoms with van der Waals surface area (Å²) in [5, 5.41) is 17.3. The van der Waals surface area contributed by atoms with E-state index in [1.54, 1.807) is 12.1 Å². The molecule has 228 valence electrons. The van der Waals surface area contributed by atoms with Crippen molar-refractivity contribution in [2.75, 3.05) is 12.3 Å². The van der Waals surface area contributed by atoms with Gasteiger partial charge in [0.25, 0.3) is 17.7 Å². The Morgan fingerprint density at radius 3 is 2.21 bits per heavy atom. The van der Waals surface area contributed by atoms with E-state index in [0.717, 1.165) is 16.9 Å². The number of benzene rings is 1. The summed E-state index contributed by atoms with van der Waals surface area (Å²) < 4.78 is 89.1. The molecule has 1 atom stereocenters. The number of hydrogen-bond acceptors (Lipinski definition) is 7. The maximum absolute atomic E-state index is 14.1. The molecular weight excluding hydrogens is 568 g/mol. The smallest absolute Gasteiger partial charge is 0.416 e. The van der Waals surface area contributed by atoms with E-state index in [0.29, 0.717) is 11.6 Å². The third-order valence-electron chi connectivity index (χ3n) is 6.89. The number of aliphatic hydroxyl groups is 1. The minimum Gasteiger partial charge on any atom is -0.416 e. The first-order valence-electron chi connectivity index (χ1n) is 13.3. The molecule has 1 aliphatic heterocycles. The van der Waals surface area contributed by atoms with Crippen LogP contribution < -0.4 is 5.73 Å². The average Bonchev–Trinajstić information content (AvgIpc) is 3.36. The normalized spacial score (nSPS) is 19.1. The summed E-state index contributed by atoms with van der Waals surface area (Å²) in [4.78, 5) is 18.7. The van der Waals surface area contributed by atoms with Gasteiger partial charge in [-0.05, 0) is 48.3 Å². The van der Waals surface area contributed by atoms with Gasteiger partial charge in [0.2, 0.25) is 5.60 Å². The van der Waals surface area contributed by atoms with Crippen molar-refractivity contribution >= 4 is 11.6 Å². The van der Waals surface area contributed by atoms with Crippen LogP contribution in [0.3, 0.4) is 0 Å². The molecule has 0 radical (unpaired) electrons. The molecule has 0 fully saturated rings. The summed E-state index contributed by atoms with van der Waals surface area (Å²) in [5.41, 5.74) is 0.281. The number of rotatable bonds is 3. The topological polar surface area (TPSA) is 118 Å². The van der Waals surface area contributed by atoms with Gasteiger partial charge in [-0.15, -0.1) is 10.2 Å². The van der Waals surface area contributed by atoms with Crippen LogP contribution >= 0.6 is 0 Å². The molecule has 42 heavy (non-hydrogen) atoms. The fraction of sp³-hybridized carbons (Fsp3) is 0.500. The molecule has 3 N–H and O–H groups in total. The number of hydrogen-bond donors (Lipinski definition) is 2. The summed E-state index contributed by atoms with van der Waals surface area (Å²) in [6, 6.07) is 7.76. The number of anilines is 1. The lowest BCUT2D eigenvalue weighted by molar-refractivity contribution is -0.277. The number of carbonyl (C=O) groups is 1. The Morgan fingerprint density at radius 1 is 0.976 bits per heavy atom. The number of fused-ring (bicyclic) bond motifs is 5. The van der Waals surface area contributed by atoms with Crippen LogP contribution in [0.5, 0.6) is 0 Å². The molecule has 0 saturated carbocycles. The van der Waals surface area contributed by atoms with Crippen molar-refractivity contribution in [3.63, 3.8) is 0 Å². The standard InChI is InChI=1S/C28H31F6N5O3/c1-25(2,3)14-16-7-9-17(10-8-16)15-39-12-6-4-5-11-26(41,28(32,33)34)24-38-37-22(42-24)21-19(35)13-18(27(29,30)31)20(36-21)23(39)40/h7-10,13,41H,4-6,11-12,14-15,35H2,1-3H3/t26-/m1/s1. The highest BCUT2D eigenvalue weighted by atomic mass is 19.4. The van der Waals surface area contributed by atoms with Crippen molar-refractivity contribution in [3.05, 3.63) is 58.6 Å². The monoisotopic (exact) mass is 599 g/mol. The number of pyridine rings is 1. The third kappa shape index (κ3) is 6.69. The molecule has 0 unspecified atom stereocenters. The molecule has 4 rings (SSSR count). The van der Waals surface area contributed by atoms with E-state index in [1.165, 1.54) is 0 Å². The molecule has 2 aromatic heterocycles. The second-order valence-corrected chi connectivity index (χ2v) is 11.7. The third-order valence-corrected chi connectivity index (χ3v) is 6.89. The highest BCUT2D eigenvalue weighted by Crippen LogP contribution is 2.43. The van der Waals surface area contributed by atoms with Crippen LogP contribution in [0.1, 0.15) is 79.5 Å². The summed E-state index contributed by atoms with van der Waals surface area (Å²) in [6.07, 6.45) is -10.2. The van der Waals surface area contributed by atoms with Gasteiger partial charge in [0, 0.05) is 13.1 Å². The molecule has 1 aromatic carbocycles. The zero-order valence-corrected chi connectivity index (χ0v) is 23.2. The summed E-state index contributed by atoms with van der Waals surface area (Å²) >= 11 is 0. The Labute approximate surface area is 237 Å². The Bertz CT molecular complexity index is 1430. The zero-order valence-electron chi connectivity index (χ0n) is 23.2. The van der Waals surface area contributed by atoms with Crippen molar-refractivity contribution in [3.8, 4) is 11.6 Å². The van der Waals surface area contributed by atoms with E-state index in [4.69, 9.17) is 10.2 Å². The van der Waals surface area contributed by atoms with Gasteiger partial charge in [0.1, 0.15) is 5.69 Å². The van der Waals surface area contributed by atoms with Gasteiger partial charge >= 0.3 is 12.4 Å². The second kappa shape index (κ2) is 11.2. The van der Waals surface area contributed by atoms with Crippen molar-refractivity contribution in [2.45, 2.75) is 77.4 Å². The minimum atomic E-state index is -5.20. The molecule has 4 bridgehead atoms. The first-order valence-corrected chi connectivity index (χ1v) is 13.3. The number of nitrogens with two attached hydrogens (primary N) is 1. The summed E-state index contributed by atoms with van der Waals surface area (Å²) in [5.74, 6) is -3.02. The Kier molecular flexibility index (Phi) is 8.33. The molecule has 8 nitrogen and oxygen atoms in total. The van der Waals surface area contributed by atoms with Crippen LogP contribution in [0.2, 0.25) is 0 Å². The van der Waals surface area contributed by atoms with Crippen LogP contribution in [0.25, 0.3) is 11.6 Å². The predicted molar refractivity (Wildman–Crippen MR) is 140 cm³/mol. The van der Waals surface area contributed by atoms with Gasteiger partial charge in [0.05, 0.1) is 11.3 Å². The summed E-state index contributed by atoms with van der Waals surface area (Å²) in [6.45, 7) is 6.08. The lowest BCUT2D eigenvalue weighted by atomic mass is 9.88. The van der Waals surface area contributed by atoms with Gasteiger partial charge in [0.15, 0.2) is 5.69 Å². The highest BCUT2D eigenvalue weighted by Gasteiger charge is 2.58. The van der Waals surface area contributed by atoms with E-state index in [2.05, 4.69) is 36.0 Å². The number of amides is 1. The van der Waals surface area contributed by atoms with Crippen LogP contribution in [0.4, 0.5) is 32.0 Å². The quantitative estimate of drug-likeness (QED) is 0.340. The van der Waals surface area contributed by atoms with Gasteiger partial charge in [-0.1, -0.05) is 51.5 Å². The molecule has 0 aliphatic carbocycles. The number of carbonyl (C=O) groups excluding carboxylic acids is 1. The zero-order chi connectivity index (χ0) is 31.1. The van der Waals surface area contributed by atoms with Gasteiger partial charge in [-0.3, -0.25) is 4.79 Å². The van der Waals surface area contributed by atoms with Crippen LogP contribution in [-0.2, 0) is 24.7 Å². The van der Waals surface area contributed by atoms with Crippen LogP contribution in [-0.4, -0.2) is 43.8 Å². The highest BCUT2D eigenvalue weighted by molar-refractivity contribution is 5.95. The van der Waals surface area contributed by atoms with E-state index in [-0.39, 0.29) is 37.8 Å². The van der Waals surface area contributed by atoms with Crippen molar-refractivity contribution < 1.29 is 40.7 Å². The van der Waals surface area contributed by atoms with Gasteiger partial charge in [-0.2, -0.15) is 26.3 Å². The van der Waals surface area contributed by atoms with Gasteiger partial charge in [-0.25, -0.2) is 4.98 Å². The van der Waals surface area contributed by atoms with Crippen molar-refractivity contribution in [1.82, 2.24) is 20.1 Å². The molecule has 3 aromatic rings. The Morgan fingerprint density at radius 2 is 1.62 bits per heavy atom. The number of nitrogen functional groups attached to an aromatic ring is 1. The second-order valence-electron chi connectivity index (χ2n) is 11.7. The Hall–Kier alpha value is -3.68. The van der Waals surface area contributed by atoms with E-state index in [1.807, 2.05) is 12.1 Å². The number of nitrogens with zero attached hydrogens (tertiary/aromatic N) is 4. The van der Waals surface area contributed by atoms with E-state index in [9.17, 15) is 36.2 Å². The molecule has 0 saturated heterocycles. The molecule has 3 heterocycles. The first kappa shape index (κ1) is 31.3.